The van der Waals surface area contributed by atoms with Crippen molar-refractivity contribution in [3.8, 4) is 46.0 Å². The van der Waals surface area contributed by atoms with Gasteiger partial charge in [-0.1, -0.05) is 24.3 Å². The molecule has 0 unspecified atom stereocenters. The molecule has 2 N–H and O–H groups in total. The summed E-state index contributed by atoms with van der Waals surface area (Å²) in [5.74, 6) is 0.366. The van der Waals surface area contributed by atoms with Crippen molar-refractivity contribution in [2.24, 2.45) is 0 Å². The van der Waals surface area contributed by atoms with Gasteiger partial charge < -0.3 is 38.6 Å². The number of aromatic hydroxyl groups is 2. The molecule has 0 saturated heterocycles. The lowest BCUT2D eigenvalue weighted by Crippen LogP contribution is -2.11. The molecule has 0 spiro atoms. The van der Waals surface area contributed by atoms with E-state index >= 15 is 0 Å². The number of phenols is 2. The number of Topliss-reactive ketones (excluding diaryl/α,β-unsaturated/α-hetero) is 2. The van der Waals surface area contributed by atoms with Crippen LogP contribution in [0.3, 0.4) is 0 Å². The predicted octanol–water partition coefficient (Wildman–Crippen LogP) is 5.59. The first-order chi connectivity index (χ1) is 21.7. The van der Waals surface area contributed by atoms with Gasteiger partial charge in [0.15, 0.2) is 11.6 Å². The minimum Gasteiger partial charge on any atom is -0.507 e. The molecular formula is C35H36O10. The maximum Gasteiger partial charge on any atom is 0.174 e. The third-order valence-corrected chi connectivity index (χ3v) is 7.50. The first kappa shape index (κ1) is 32.5. The molecule has 10 heteroatoms. The predicted molar refractivity (Wildman–Crippen MR) is 167 cm³/mol. The van der Waals surface area contributed by atoms with Gasteiger partial charge in [-0.05, 0) is 35.4 Å². The lowest BCUT2D eigenvalue weighted by molar-refractivity contribution is 0.0978. The van der Waals surface area contributed by atoms with E-state index in [4.69, 9.17) is 28.4 Å². The van der Waals surface area contributed by atoms with Crippen LogP contribution < -0.4 is 28.4 Å². The van der Waals surface area contributed by atoms with Crippen LogP contribution in [0.2, 0.25) is 0 Å². The number of phenolic OH excluding ortho intramolecular Hbond substituents is 2. The molecule has 0 saturated carbocycles. The van der Waals surface area contributed by atoms with Crippen LogP contribution in [-0.4, -0.2) is 64.4 Å². The van der Waals surface area contributed by atoms with E-state index in [1.165, 1.54) is 40.6 Å². The molecule has 45 heavy (non-hydrogen) atoms. The fourth-order valence-corrected chi connectivity index (χ4v) is 5.10. The summed E-state index contributed by atoms with van der Waals surface area (Å²) >= 11 is 0. The van der Waals surface area contributed by atoms with E-state index in [1.54, 1.807) is 62.8 Å². The molecule has 0 fully saturated rings. The van der Waals surface area contributed by atoms with Crippen LogP contribution in [0.1, 0.15) is 43.0 Å². The molecule has 236 valence electrons. The van der Waals surface area contributed by atoms with E-state index in [0.29, 0.717) is 22.6 Å². The van der Waals surface area contributed by atoms with Crippen molar-refractivity contribution in [1.82, 2.24) is 0 Å². The van der Waals surface area contributed by atoms with Crippen LogP contribution in [0.5, 0.6) is 46.0 Å². The van der Waals surface area contributed by atoms with Crippen molar-refractivity contribution in [3.05, 3.63) is 94.0 Å². The first-order valence-electron chi connectivity index (χ1n) is 13.9. The highest BCUT2D eigenvalue weighted by molar-refractivity contribution is 6.04. The molecule has 0 aromatic heterocycles. The topological polar surface area (TPSA) is 130 Å². The number of rotatable bonds is 14. The molecular weight excluding hydrogens is 580 g/mol. The van der Waals surface area contributed by atoms with Crippen LogP contribution in [0.25, 0.3) is 0 Å². The molecule has 0 amide bonds. The van der Waals surface area contributed by atoms with Crippen molar-refractivity contribution >= 4 is 11.6 Å². The van der Waals surface area contributed by atoms with Gasteiger partial charge in [0, 0.05) is 42.5 Å². The molecule has 4 aromatic carbocycles. The lowest BCUT2D eigenvalue weighted by atomic mass is 9.92. The van der Waals surface area contributed by atoms with Gasteiger partial charge >= 0.3 is 0 Å². The fourth-order valence-electron chi connectivity index (χ4n) is 5.10. The van der Waals surface area contributed by atoms with Gasteiger partial charge in [0.05, 0.1) is 42.7 Å². The maximum absolute atomic E-state index is 13.5. The second-order valence-electron chi connectivity index (χ2n) is 10.0. The minimum absolute atomic E-state index is 0.0270. The number of hydrogen-bond acceptors (Lipinski definition) is 10. The Kier molecular flexibility index (Phi) is 10.4. The number of ketones is 2. The van der Waals surface area contributed by atoms with Crippen molar-refractivity contribution in [2.45, 2.75) is 19.3 Å². The monoisotopic (exact) mass is 616 g/mol. The molecule has 4 rings (SSSR count). The molecule has 0 heterocycles. The van der Waals surface area contributed by atoms with Gasteiger partial charge in [-0.2, -0.15) is 0 Å². The number of benzene rings is 4. The number of carbonyl (C=O) groups excluding carboxylic acids is 2. The van der Waals surface area contributed by atoms with Gasteiger partial charge in [0.25, 0.3) is 0 Å². The quantitative estimate of drug-likeness (QED) is 0.173. The zero-order chi connectivity index (χ0) is 32.7. The third kappa shape index (κ3) is 6.90. The van der Waals surface area contributed by atoms with Crippen LogP contribution >= 0.6 is 0 Å². The van der Waals surface area contributed by atoms with Gasteiger partial charge in [0.2, 0.25) is 0 Å². The summed E-state index contributed by atoms with van der Waals surface area (Å²) in [5, 5.41) is 23.1. The zero-order valence-corrected chi connectivity index (χ0v) is 26.1. The molecule has 10 nitrogen and oxygen atoms in total. The van der Waals surface area contributed by atoms with Crippen LogP contribution in [0.4, 0.5) is 0 Å². The molecule has 0 aliphatic heterocycles. The highest BCUT2D eigenvalue weighted by Gasteiger charge is 2.29. The minimum atomic E-state index is -0.403. The standard InChI is InChI=1S/C35H36O10/c1-40-22-11-7-20(8-12-22)15-26(36)32-30(44-5)18-28(42-3)24(34(32)38)17-25-29(43-4)19-31(45-6)33(35(25)39)27(37)16-21-9-13-23(41-2)14-10-21/h7-14,18-19,38-39H,15-17H2,1-6H3. The Bertz CT molecular complexity index is 1550. The summed E-state index contributed by atoms with van der Waals surface area (Å²) in [6.07, 6.45) is -0.217. The van der Waals surface area contributed by atoms with Crippen molar-refractivity contribution < 1.29 is 48.2 Å². The second kappa shape index (κ2) is 14.4. The van der Waals surface area contributed by atoms with Crippen molar-refractivity contribution in [3.63, 3.8) is 0 Å². The van der Waals surface area contributed by atoms with Crippen LogP contribution in [0, 0.1) is 0 Å². The highest BCUT2D eigenvalue weighted by atomic mass is 16.5. The van der Waals surface area contributed by atoms with E-state index in [9.17, 15) is 19.8 Å². The van der Waals surface area contributed by atoms with E-state index in [2.05, 4.69) is 0 Å². The Balaban J connectivity index is 1.78. The average molecular weight is 617 g/mol. The van der Waals surface area contributed by atoms with Crippen LogP contribution in [0.15, 0.2) is 60.7 Å². The van der Waals surface area contributed by atoms with Gasteiger partial charge in [-0.3, -0.25) is 9.59 Å². The van der Waals surface area contributed by atoms with Crippen LogP contribution in [-0.2, 0) is 19.3 Å². The van der Waals surface area contributed by atoms with E-state index in [1.807, 2.05) is 0 Å². The van der Waals surface area contributed by atoms with E-state index in [0.717, 1.165) is 0 Å². The van der Waals surface area contributed by atoms with E-state index in [-0.39, 0.29) is 76.0 Å². The molecule has 0 atom stereocenters. The Hall–Kier alpha value is -5.38. The molecule has 0 radical (unpaired) electrons. The normalized spacial score (nSPS) is 10.6. The lowest BCUT2D eigenvalue weighted by Gasteiger charge is -2.20. The van der Waals surface area contributed by atoms with Gasteiger partial charge in [0.1, 0.15) is 57.1 Å². The van der Waals surface area contributed by atoms with Gasteiger partial charge in [-0.25, -0.2) is 0 Å². The number of ether oxygens (including phenoxy) is 6. The summed E-state index contributed by atoms with van der Waals surface area (Å²) < 4.78 is 32.4. The number of hydrogen-bond donors (Lipinski definition) is 2. The summed E-state index contributed by atoms with van der Waals surface area (Å²) in [4.78, 5) is 27.1. The number of carbonyl (C=O) groups is 2. The highest BCUT2D eigenvalue weighted by Crippen LogP contribution is 2.45. The largest absolute Gasteiger partial charge is 0.507 e. The van der Waals surface area contributed by atoms with Gasteiger partial charge in [-0.15, -0.1) is 0 Å². The fraction of sp³-hybridized carbons (Fsp3) is 0.257. The summed E-state index contributed by atoms with van der Waals surface area (Å²) in [6.45, 7) is 0. The Morgan fingerprint density at radius 2 is 0.844 bits per heavy atom. The summed E-state index contributed by atoms with van der Waals surface area (Å²) in [6, 6.07) is 17.0. The molecule has 0 aliphatic rings. The molecule has 0 aliphatic carbocycles. The second-order valence-corrected chi connectivity index (χ2v) is 10.0. The zero-order valence-electron chi connectivity index (χ0n) is 26.1. The summed E-state index contributed by atoms with van der Waals surface area (Å²) in [5.41, 5.74) is 1.68. The molecule has 0 bridgehead atoms. The smallest absolute Gasteiger partial charge is 0.174 e. The Morgan fingerprint density at radius 3 is 1.13 bits per heavy atom. The average Bonchev–Trinajstić information content (AvgIpc) is 3.06. The third-order valence-electron chi connectivity index (χ3n) is 7.50. The first-order valence-corrected chi connectivity index (χ1v) is 13.9. The molecule has 4 aromatic rings. The van der Waals surface area contributed by atoms with Crippen molar-refractivity contribution in [1.29, 1.82) is 0 Å². The van der Waals surface area contributed by atoms with E-state index < -0.39 is 11.6 Å². The number of methoxy groups -OCH3 is 6. The van der Waals surface area contributed by atoms with Crippen molar-refractivity contribution in [2.75, 3.05) is 42.7 Å². The SMILES string of the molecule is COc1ccc(CC(=O)c2c(OC)cc(OC)c(Cc3c(OC)cc(OC)c(C(=O)Cc4ccc(OC)cc4)c3O)c2O)cc1. The maximum atomic E-state index is 13.5. The Labute approximate surface area is 261 Å². The summed E-state index contributed by atoms with van der Waals surface area (Å²) in [7, 11) is 8.69. The Morgan fingerprint density at radius 1 is 0.511 bits per heavy atom.